The molecular weight excluding hydrogens is 336 g/mol. The van der Waals surface area contributed by atoms with E-state index < -0.39 is 0 Å². The molecule has 3 N–H and O–H groups in total. The van der Waals surface area contributed by atoms with Crippen molar-refractivity contribution < 1.29 is 9.53 Å². The first-order valence-electron chi connectivity index (χ1n) is 8.47. The quantitative estimate of drug-likeness (QED) is 0.826. The van der Waals surface area contributed by atoms with E-state index in [4.69, 9.17) is 10.5 Å². The van der Waals surface area contributed by atoms with Gasteiger partial charge in [-0.25, -0.2) is 4.98 Å². The van der Waals surface area contributed by atoms with E-state index in [1.165, 1.54) is 16.2 Å². The number of thiazole rings is 1. The topological polar surface area (TPSA) is 80.5 Å². The number of carbonyl (C=O) groups excluding carboxylic acids is 1. The van der Waals surface area contributed by atoms with Crippen molar-refractivity contribution in [2.75, 3.05) is 25.9 Å². The van der Waals surface area contributed by atoms with Gasteiger partial charge in [-0.1, -0.05) is 12.1 Å². The minimum Gasteiger partial charge on any atom is -0.497 e. The van der Waals surface area contributed by atoms with Crippen LogP contribution in [0.15, 0.2) is 30.5 Å². The van der Waals surface area contributed by atoms with E-state index in [1.54, 1.807) is 7.11 Å². The number of rotatable bonds is 6. The number of anilines is 1. The second kappa shape index (κ2) is 8.31. The molecule has 0 atom stereocenters. The Bertz CT molecular complexity index is 693. The van der Waals surface area contributed by atoms with Crippen LogP contribution in [0.4, 0.5) is 5.13 Å². The molecule has 1 aromatic heterocycles. The summed E-state index contributed by atoms with van der Waals surface area (Å²) in [4.78, 5) is 20.0. The van der Waals surface area contributed by atoms with Crippen molar-refractivity contribution in [3.05, 3.63) is 40.9 Å². The van der Waals surface area contributed by atoms with Gasteiger partial charge in [0.1, 0.15) is 5.75 Å². The Morgan fingerprint density at radius 2 is 2.08 bits per heavy atom. The molecular formula is C18H24N4O2S. The number of benzene rings is 1. The SMILES string of the molecule is COc1ccc(CNC(=O)C2CCN(Cc3cnc(N)s3)CC2)cc1. The van der Waals surface area contributed by atoms with E-state index in [9.17, 15) is 4.79 Å². The molecule has 1 amide bonds. The number of nitrogen functional groups attached to an aromatic ring is 1. The smallest absolute Gasteiger partial charge is 0.223 e. The van der Waals surface area contributed by atoms with Crippen molar-refractivity contribution in [3.8, 4) is 5.75 Å². The van der Waals surface area contributed by atoms with Crippen LogP contribution in [-0.2, 0) is 17.9 Å². The van der Waals surface area contributed by atoms with Gasteiger partial charge in [-0.3, -0.25) is 9.69 Å². The highest BCUT2D eigenvalue weighted by Gasteiger charge is 2.25. The number of ether oxygens (including phenoxy) is 1. The summed E-state index contributed by atoms with van der Waals surface area (Å²) in [5, 5.41) is 3.66. The second-order valence-electron chi connectivity index (χ2n) is 6.28. The maximum Gasteiger partial charge on any atom is 0.223 e. The third-order valence-corrected chi connectivity index (χ3v) is 5.35. The van der Waals surface area contributed by atoms with Crippen molar-refractivity contribution in [2.24, 2.45) is 5.92 Å². The molecule has 1 fully saturated rings. The maximum atomic E-state index is 12.4. The number of piperidine rings is 1. The van der Waals surface area contributed by atoms with Crippen LogP contribution in [0.2, 0.25) is 0 Å². The lowest BCUT2D eigenvalue weighted by Gasteiger charge is -2.30. The fourth-order valence-electron chi connectivity index (χ4n) is 3.05. The van der Waals surface area contributed by atoms with Gasteiger partial charge in [0.25, 0.3) is 0 Å². The molecule has 6 nitrogen and oxygen atoms in total. The summed E-state index contributed by atoms with van der Waals surface area (Å²) < 4.78 is 5.14. The van der Waals surface area contributed by atoms with Crippen LogP contribution in [-0.4, -0.2) is 36.0 Å². The van der Waals surface area contributed by atoms with Crippen molar-refractivity contribution in [1.82, 2.24) is 15.2 Å². The molecule has 1 aliphatic heterocycles. The molecule has 7 heteroatoms. The maximum absolute atomic E-state index is 12.4. The minimum absolute atomic E-state index is 0.0982. The summed E-state index contributed by atoms with van der Waals surface area (Å²) in [7, 11) is 1.65. The first-order valence-corrected chi connectivity index (χ1v) is 9.29. The molecule has 0 spiro atoms. The van der Waals surface area contributed by atoms with Gasteiger partial charge in [-0.15, -0.1) is 11.3 Å². The lowest BCUT2D eigenvalue weighted by molar-refractivity contribution is -0.126. The highest BCUT2D eigenvalue weighted by molar-refractivity contribution is 7.15. The molecule has 1 aliphatic rings. The zero-order valence-electron chi connectivity index (χ0n) is 14.4. The summed E-state index contributed by atoms with van der Waals surface area (Å²) >= 11 is 1.53. The van der Waals surface area contributed by atoms with Gasteiger partial charge in [-0.2, -0.15) is 0 Å². The number of nitrogens with two attached hydrogens (primary N) is 1. The van der Waals surface area contributed by atoms with Crippen LogP contribution in [0.3, 0.4) is 0 Å². The number of methoxy groups -OCH3 is 1. The normalized spacial score (nSPS) is 15.9. The molecule has 0 bridgehead atoms. The van der Waals surface area contributed by atoms with E-state index in [-0.39, 0.29) is 11.8 Å². The van der Waals surface area contributed by atoms with Crippen molar-refractivity contribution >= 4 is 22.4 Å². The van der Waals surface area contributed by atoms with Crippen LogP contribution in [0.5, 0.6) is 5.75 Å². The van der Waals surface area contributed by atoms with E-state index in [2.05, 4.69) is 15.2 Å². The molecule has 134 valence electrons. The number of nitrogens with one attached hydrogen (secondary N) is 1. The van der Waals surface area contributed by atoms with Crippen LogP contribution in [0.1, 0.15) is 23.3 Å². The van der Waals surface area contributed by atoms with Crippen LogP contribution < -0.4 is 15.8 Å². The number of aromatic nitrogens is 1. The first-order chi connectivity index (χ1) is 12.1. The molecule has 0 aliphatic carbocycles. The third-order valence-electron chi connectivity index (χ3n) is 4.54. The predicted molar refractivity (Wildman–Crippen MR) is 99.4 cm³/mol. The van der Waals surface area contributed by atoms with Gasteiger partial charge >= 0.3 is 0 Å². The molecule has 0 radical (unpaired) electrons. The van der Waals surface area contributed by atoms with Gasteiger partial charge in [0.15, 0.2) is 5.13 Å². The Morgan fingerprint density at radius 3 is 2.68 bits per heavy atom. The fourth-order valence-corrected chi connectivity index (χ4v) is 3.77. The van der Waals surface area contributed by atoms with E-state index >= 15 is 0 Å². The molecule has 25 heavy (non-hydrogen) atoms. The van der Waals surface area contributed by atoms with Gasteiger partial charge in [0.05, 0.1) is 7.11 Å². The zero-order chi connectivity index (χ0) is 17.6. The number of hydrogen-bond donors (Lipinski definition) is 2. The zero-order valence-corrected chi connectivity index (χ0v) is 15.2. The van der Waals surface area contributed by atoms with E-state index in [1.807, 2.05) is 30.5 Å². The third kappa shape index (κ3) is 4.93. The summed E-state index contributed by atoms with van der Waals surface area (Å²) in [5.74, 6) is 1.07. The summed E-state index contributed by atoms with van der Waals surface area (Å²) in [6, 6.07) is 7.77. The van der Waals surface area contributed by atoms with E-state index in [0.29, 0.717) is 11.7 Å². The largest absolute Gasteiger partial charge is 0.497 e. The molecule has 0 unspecified atom stereocenters. The number of carbonyl (C=O) groups is 1. The van der Waals surface area contributed by atoms with Crippen LogP contribution >= 0.6 is 11.3 Å². The van der Waals surface area contributed by atoms with Gasteiger partial charge in [0.2, 0.25) is 5.91 Å². The lowest BCUT2D eigenvalue weighted by atomic mass is 9.96. The van der Waals surface area contributed by atoms with E-state index in [0.717, 1.165) is 43.8 Å². The number of nitrogens with zero attached hydrogens (tertiary/aromatic N) is 2. The number of likely N-dealkylation sites (tertiary alicyclic amines) is 1. The highest BCUT2D eigenvalue weighted by atomic mass is 32.1. The molecule has 0 saturated carbocycles. The van der Waals surface area contributed by atoms with Gasteiger partial charge < -0.3 is 15.8 Å². The van der Waals surface area contributed by atoms with Crippen molar-refractivity contribution in [3.63, 3.8) is 0 Å². The Hall–Kier alpha value is -2.12. The van der Waals surface area contributed by atoms with Crippen LogP contribution in [0.25, 0.3) is 0 Å². The average Bonchev–Trinajstić information content (AvgIpc) is 3.05. The minimum atomic E-state index is 0.0982. The van der Waals surface area contributed by atoms with Crippen molar-refractivity contribution in [1.29, 1.82) is 0 Å². The van der Waals surface area contributed by atoms with Crippen LogP contribution in [0, 0.1) is 5.92 Å². The molecule has 2 heterocycles. The summed E-state index contributed by atoms with van der Waals surface area (Å²) in [5.41, 5.74) is 6.75. The molecule has 1 saturated heterocycles. The Kier molecular flexibility index (Phi) is 5.88. The van der Waals surface area contributed by atoms with Crippen molar-refractivity contribution in [2.45, 2.75) is 25.9 Å². The Balaban J connectivity index is 1.41. The first kappa shape index (κ1) is 17.7. The summed E-state index contributed by atoms with van der Waals surface area (Å²) in [6.45, 7) is 3.29. The monoisotopic (exact) mass is 360 g/mol. The lowest BCUT2D eigenvalue weighted by Crippen LogP contribution is -2.39. The highest BCUT2D eigenvalue weighted by Crippen LogP contribution is 2.22. The predicted octanol–water partition coefficient (Wildman–Crippen LogP) is 2.26. The average molecular weight is 360 g/mol. The summed E-state index contributed by atoms with van der Waals surface area (Å²) in [6.07, 6.45) is 3.62. The number of amides is 1. The Morgan fingerprint density at radius 1 is 1.36 bits per heavy atom. The molecule has 3 rings (SSSR count). The van der Waals surface area contributed by atoms with Gasteiger partial charge in [0, 0.05) is 30.1 Å². The fraction of sp³-hybridized carbons (Fsp3) is 0.444. The number of hydrogen-bond acceptors (Lipinski definition) is 6. The van der Waals surface area contributed by atoms with Gasteiger partial charge in [-0.05, 0) is 43.6 Å². The molecule has 1 aromatic carbocycles. The Labute approximate surface area is 152 Å². The molecule has 2 aromatic rings. The second-order valence-corrected chi connectivity index (χ2v) is 7.43. The standard InChI is InChI=1S/C18H24N4O2S/c1-24-15-4-2-13(3-5-15)10-20-17(23)14-6-8-22(9-7-14)12-16-11-21-18(19)25-16/h2-5,11,14H,6-10,12H2,1H3,(H2,19,21)(H,20,23).